The molecule has 0 aromatic carbocycles. The quantitative estimate of drug-likeness (QED) is 0.912. The molecule has 0 amide bonds. The summed E-state index contributed by atoms with van der Waals surface area (Å²) in [6.07, 6.45) is -1.50. The summed E-state index contributed by atoms with van der Waals surface area (Å²) in [7, 11) is 0. The van der Waals surface area contributed by atoms with Crippen molar-refractivity contribution in [1.82, 2.24) is 20.4 Å². The first-order chi connectivity index (χ1) is 9.53. The zero-order valence-corrected chi connectivity index (χ0v) is 10.3. The first kappa shape index (κ1) is 13.0. The lowest BCUT2D eigenvalue weighted by Crippen LogP contribution is -2.44. The second-order valence-electron chi connectivity index (χ2n) is 4.67. The summed E-state index contributed by atoms with van der Waals surface area (Å²) in [4.78, 5) is 7.77. The molecule has 1 aliphatic heterocycles. The van der Waals surface area contributed by atoms with Crippen LogP contribution in [0.2, 0.25) is 0 Å². The molecule has 106 valence electrons. The lowest BCUT2D eigenvalue weighted by atomic mass is 9.86. The van der Waals surface area contributed by atoms with E-state index in [1.54, 1.807) is 12.1 Å². The second-order valence-corrected chi connectivity index (χ2v) is 4.67. The van der Waals surface area contributed by atoms with Crippen LogP contribution in [0.3, 0.4) is 0 Å². The topological polar surface area (TPSA) is 63.8 Å². The zero-order valence-electron chi connectivity index (χ0n) is 10.3. The lowest BCUT2D eigenvalue weighted by Gasteiger charge is -2.26. The number of aromatic nitrogens is 3. The van der Waals surface area contributed by atoms with Crippen molar-refractivity contribution in [3.63, 3.8) is 0 Å². The highest BCUT2D eigenvalue weighted by Crippen LogP contribution is 2.44. The molecule has 2 aromatic rings. The molecule has 8 heteroatoms. The minimum Gasteiger partial charge on any atom is -0.338 e. The highest BCUT2D eigenvalue weighted by atomic mass is 19.4. The molecule has 2 aromatic heterocycles. The number of rotatable bonds is 2. The van der Waals surface area contributed by atoms with Crippen LogP contribution in [0.15, 0.2) is 29.0 Å². The second kappa shape index (κ2) is 4.55. The summed E-state index contributed by atoms with van der Waals surface area (Å²) in [6.45, 7) is 0.0287. The van der Waals surface area contributed by atoms with Gasteiger partial charge in [-0.2, -0.15) is 18.2 Å². The molecule has 1 saturated heterocycles. The van der Waals surface area contributed by atoms with Crippen LogP contribution < -0.4 is 5.32 Å². The predicted molar refractivity (Wildman–Crippen MR) is 62.7 cm³/mol. The Hall–Kier alpha value is -1.96. The molecule has 0 aliphatic carbocycles. The highest BCUT2D eigenvalue weighted by Gasteiger charge is 2.61. The van der Waals surface area contributed by atoms with Crippen LogP contribution in [-0.4, -0.2) is 34.4 Å². The molecule has 1 atom stereocenters. The third kappa shape index (κ3) is 1.96. The van der Waals surface area contributed by atoms with Crippen molar-refractivity contribution in [2.75, 3.05) is 13.1 Å². The first-order valence-corrected chi connectivity index (χ1v) is 6.05. The SMILES string of the molecule is FC(F)(F)[C@]1(c2nc(-c3ccncc3)no2)CCNC1. The Balaban J connectivity index is 2.01. The minimum atomic E-state index is -4.43. The zero-order chi connectivity index (χ0) is 14.2. The Morgan fingerprint density at radius 1 is 1.25 bits per heavy atom. The summed E-state index contributed by atoms with van der Waals surface area (Å²) in [5, 5.41) is 6.36. The maximum Gasteiger partial charge on any atom is 0.404 e. The summed E-state index contributed by atoms with van der Waals surface area (Å²) < 4.78 is 44.9. The standard InChI is InChI=1S/C12H11F3N4O/c13-12(14,15)11(3-6-17-7-11)10-18-9(19-20-10)8-1-4-16-5-2-8/h1-2,4-5,17H,3,6-7H2/t11-/m1/s1. The molecule has 1 N–H and O–H groups in total. The van der Waals surface area contributed by atoms with Gasteiger partial charge in [0.15, 0.2) is 5.41 Å². The summed E-state index contributed by atoms with van der Waals surface area (Å²) >= 11 is 0. The normalized spacial score (nSPS) is 23.1. The van der Waals surface area contributed by atoms with E-state index in [0.717, 1.165) is 0 Å². The van der Waals surface area contributed by atoms with Crippen LogP contribution in [0.25, 0.3) is 11.4 Å². The van der Waals surface area contributed by atoms with E-state index in [-0.39, 0.29) is 31.2 Å². The fourth-order valence-electron chi connectivity index (χ4n) is 2.27. The van der Waals surface area contributed by atoms with Crippen LogP contribution in [0, 0.1) is 0 Å². The maximum atomic E-state index is 13.3. The van der Waals surface area contributed by atoms with Gasteiger partial charge < -0.3 is 9.84 Å². The Labute approximate surface area is 112 Å². The summed E-state index contributed by atoms with van der Waals surface area (Å²) in [5.74, 6) is -0.250. The molecule has 0 spiro atoms. The van der Waals surface area contributed by atoms with Crippen LogP contribution >= 0.6 is 0 Å². The molecule has 3 rings (SSSR count). The lowest BCUT2D eigenvalue weighted by molar-refractivity contribution is -0.191. The van der Waals surface area contributed by atoms with E-state index in [2.05, 4.69) is 20.4 Å². The van der Waals surface area contributed by atoms with Gasteiger partial charge in [0, 0.05) is 24.5 Å². The van der Waals surface area contributed by atoms with E-state index in [0.29, 0.717) is 5.56 Å². The number of alkyl halides is 3. The van der Waals surface area contributed by atoms with Crippen molar-refractivity contribution < 1.29 is 17.7 Å². The van der Waals surface area contributed by atoms with E-state index in [1.807, 2.05) is 0 Å². The smallest absolute Gasteiger partial charge is 0.338 e. The first-order valence-electron chi connectivity index (χ1n) is 6.05. The van der Waals surface area contributed by atoms with Gasteiger partial charge >= 0.3 is 6.18 Å². The maximum absolute atomic E-state index is 13.3. The van der Waals surface area contributed by atoms with Crippen LogP contribution in [0.1, 0.15) is 12.3 Å². The van der Waals surface area contributed by atoms with Crippen molar-refractivity contribution in [3.05, 3.63) is 30.4 Å². The number of nitrogens with one attached hydrogen (secondary N) is 1. The number of halogens is 3. The van der Waals surface area contributed by atoms with Gasteiger partial charge in [-0.1, -0.05) is 5.16 Å². The molecular formula is C12H11F3N4O. The van der Waals surface area contributed by atoms with Gasteiger partial charge in [-0.25, -0.2) is 0 Å². The average Bonchev–Trinajstić information content (AvgIpc) is 3.09. The highest BCUT2D eigenvalue weighted by molar-refractivity contribution is 5.52. The van der Waals surface area contributed by atoms with Gasteiger partial charge in [-0.15, -0.1) is 0 Å². The van der Waals surface area contributed by atoms with Gasteiger partial charge in [0.2, 0.25) is 11.7 Å². The fourth-order valence-corrected chi connectivity index (χ4v) is 2.27. The van der Waals surface area contributed by atoms with E-state index < -0.39 is 11.6 Å². The van der Waals surface area contributed by atoms with Crippen LogP contribution in [-0.2, 0) is 5.41 Å². The van der Waals surface area contributed by atoms with Gasteiger partial charge in [0.25, 0.3) is 0 Å². The van der Waals surface area contributed by atoms with Crippen molar-refractivity contribution >= 4 is 0 Å². The summed E-state index contributed by atoms with van der Waals surface area (Å²) in [5.41, 5.74) is -1.52. The van der Waals surface area contributed by atoms with Crippen molar-refractivity contribution in [1.29, 1.82) is 0 Å². The predicted octanol–water partition coefficient (Wildman–Crippen LogP) is 1.92. The molecule has 0 bridgehead atoms. The van der Waals surface area contributed by atoms with Crippen LogP contribution in [0.5, 0.6) is 0 Å². The van der Waals surface area contributed by atoms with Crippen molar-refractivity contribution in [2.45, 2.75) is 18.0 Å². The number of pyridine rings is 1. The molecule has 0 unspecified atom stereocenters. The molecule has 20 heavy (non-hydrogen) atoms. The monoisotopic (exact) mass is 284 g/mol. The molecular weight excluding hydrogens is 273 g/mol. The molecule has 1 fully saturated rings. The number of hydrogen-bond acceptors (Lipinski definition) is 5. The molecule has 0 radical (unpaired) electrons. The van der Waals surface area contributed by atoms with Gasteiger partial charge in [-0.05, 0) is 25.1 Å². The number of nitrogens with zero attached hydrogens (tertiary/aromatic N) is 3. The van der Waals surface area contributed by atoms with Gasteiger partial charge in [0.1, 0.15) is 0 Å². The van der Waals surface area contributed by atoms with E-state index in [4.69, 9.17) is 4.52 Å². The Bertz CT molecular complexity index is 590. The average molecular weight is 284 g/mol. The Morgan fingerprint density at radius 2 is 2.00 bits per heavy atom. The third-order valence-corrected chi connectivity index (χ3v) is 3.47. The van der Waals surface area contributed by atoms with E-state index in [1.165, 1.54) is 12.4 Å². The van der Waals surface area contributed by atoms with Crippen molar-refractivity contribution in [3.8, 4) is 11.4 Å². The van der Waals surface area contributed by atoms with Crippen molar-refractivity contribution in [2.24, 2.45) is 0 Å². The number of hydrogen-bond donors (Lipinski definition) is 1. The Kier molecular flexibility index (Phi) is 2.97. The van der Waals surface area contributed by atoms with E-state index >= 15 is 0 Å². The largest absolute Gasteiger partial charge is 0.404 e. The molecule has 0 saturated carbocycles. The summed E-state index contributed by atoms with van der Waals surface area (Å²) in [6, 6.07) is 3.23. The molecule has 5 nitrogen and oxygen atoms in total. The molecule has 1 aliphatic rings. The van der Waals surface area contributed by atoms with E-state index in [9.17, 15) is 13.2 Å². The van der Waals surface area contributed by atoms with Crippen LogP contribution in [0.4, 0.5) is 13.2 Å². The Morgan fingerprint density at radius 3 is 2.60 bits per heavy atom. The third-order valence-electron chi connectivity index (χ3n) is 3.47. The van der Waals surface area contributed by atoms with Gasteiger partial charge in [-0.3, -0.25) is 4.98 Å². The fraction of sp³-hybridized carbons (Fsp3) is 0.417. The molecule has 3 heterocycles. The van der Waals surface area contributed by atoms with Gasteiger partial charge in [0.05, 0.1) is 0 Å². The minimum absolute atomic E-state index is 0.103.